The molecule has 0 aliphatic heterocycles. The molecule has 0 aliphatic carbocycles. The second-order valence-electron chi connectivity index (χ2n) is 3.68. The summed E-state index contributed by atoms with van der Waals surface area (Å²) in [6, 6.07) is 12.8. The van der Waals surface area contributed by atoms with Gasteiger partial charge < -0.3 is 0 Å². The monoisotopic (exact) mass is 415 g/mol. The minimum atomic E-state index is 1.05. The average Bonchev–Trinajstić information content (AvgIpc) is 2.75. The smallest absolute Gasteiger partial charge is 0.124 e. The van der Waals surface area contributed by atoms with Crippen molar-refractivity contribution in [2.45, 2.75) is 0 Å². The van der Waals surface area contributed by atoms with Crippen LogP contribution in [-0.4, -0.2) is 4.98 Å². The molecule has 0 amide bonds. The minimum Gasteiger partial charge on any atom is -0.230 e. The van der Waals surface area contributed by atoms with Crippen LogP contribution < -0.4 is 0 Å². The van der Waals surface area contributed by atoms with Gasteiger partial charge >= 0.3 is 0 Å². The largest absolute Gasteiger partial charge is 0.230 e. The molecule has 0 fully saturated rings. The maximum atomic E-state index is 4.50. The second kappa shape index (κ2) is 4.66. The molecule has 1 aromatic heterocycles. The topological polar surface area (TPSA) is 12.9 Å². The molecule has 0 N–H and O–H groups in total. The first kappa shape index (κ1) is 11.6. The molecule has 1 heterocycles. The molecule has 0 unspecified atom stereocenters. The zero-order valence-electron chi connectivity index (χ0n) is 8.65. The summed E-state index contributed by atoms with van der Waals surface area (Å²) in [4.78, 5) is 4.50. The Bertz CT molecular complexity index is 693. The Labute approximate surface area is 125 Å². The van der Waals surface area contributed by atoms with Gasteiger partial charge in [-0.1, -0.05) is 34.1 Å². The van der Waals surface area contributed by atoms with E-state index in [-0.39, 0.29) is 0 Å². The van der Waals surface area contributed by atoms with Crippen molar-refractivity contribution in [1.82, 2.24) is 4.98 Å². The van der Waals surface area contributed by atoms with Crippen LogP contribution in [0.25, 0.3) is 21.3 Å². The van der Waals surface area contributed by atoms with Gasteiger partial charge in [-0.05, 0) is 51.6 Å². The molecule has 4 heteroatoms. The molecule has 17 heavy (non-hydrogen) atoms. The second-order valence-corrected chi connectivity index (χ2v) is 6.56. The van der Waals surface area contributed by atoms with Gasteiger partial charge in [0.2, 0.25) is 0 Å². The molecule has 2 aromatic carbocycles. The van der Waals surface area contributed by atoms with Crippen LogP contribution in [0.4, 0.5) is 0 Å². The Morgan fingerprint density at radius 3 is 2.65 bits per heavy atom. The number of thiazole rings is 1. The lowest BCUT2D eigenvalue weighted by Crippen LogP contribution is -1.79. The van der Waals surface area contributed by atoms with E-state index in [9.17, 15) is 0 Å². The fraction of sp³-hybridized carbons (Fsp3) is 0. The van der Waals surface area contributed by atoms with E-state index in [0.717, 1.165) is 13.2 Å². The fourth-order valence-electron chi connectivity index (χ4n) is 1.74. The number of hydrogen-bond acceptors (Lipinski definition) is 2. The van der Waals surface area contributed by atoms with E-state index in [0.29, 0.717) is 0 Å². The maximum absolute atomic E-state index is 4.50. The highest BCUT2D eigenvalue weighted by Gasteiger charge is 2.04. The van der Waals surface area contributed by atoms with Crippen LogP contribution in [0.1, 0.15) is 0 Å². The number of benzene rings is 2. The minimum absolute atomic E-state index is 1.05. The van der Waals surface area contributed by atoms with Gasteiger partial charge in [-0.25, -0.2) is 4.98 Å². The first-order valence-electron chi connectivity index (χ1n) is 5.03. The standard InChI is InChI=1S/C13H7BrINS/c14-11-4-3-8-1-2-9(5-10(8)6-11)13-16-12(15)7-17-13/h1-7H. The molecular formula is C13H7BrINS. The quantitative estimate of drug-likeness (QED) is 0.489. The van der Waals surface area contributed by atoms with Gasteiger partial charge in [-0.3, -0.25) is 0 Å². The third-order valence-electron chi connectivity index (χ3n) is 2.53. The van der Waals surface area contributed by atoms with Crippen LogP contribution in [0.15, 0.2) is 46.3 Å². The summed E-state index contributed by atoms with van der Waals surface area (Å²) in [6.07, 6.45) is 0. The average molecular weight is 416 g/mol. The predicted octanol–water partition coefficient (Wildman–Crippen LogP) is 5.33. The summed E-state index contributed by atoms with van der Waals surface area (Å²) in [5.74, 6) is 0. The molecular weight excluding hydrogens is 409 g/mol. The Morgan fingerprint density at radius 1 is 1.06 bits per heavy atom. The SMILES string of the molecule is Brc1ccc2ccc(-c3nc(I)cs3)cc2c1. The van der Waals surface area contributed by atoms with Gasteiger partial charge in [0.25, 0.3) is 0 Å². The summed E-state index contributed by atoms with van der Waals surface area (Å²) in [7, 11) is 0. The van der Waals surface area contributed by atoms with E-state index in [1.807, 2.05) is 0 Å². The lowest BCUT2D eigenvalue weighted by Gasteiger charge is -2.01. The maximum Gasteiger partial charge on any atom is 0.124 e. The summed E-state index contributed by atoms with van der Waals surface area (Å²) < 4.78 is 2.16. The van der Waals surface area contributed by atoms with Crippen molar-refractivity contribution in [1.29, 1.82) is 0 Å². The lowest BCUT2D eigenvalue weighted by molar-refractivity contribution is 1.36. The van der Waals surface area contributed by atoms with E-state index in [2.05, 4.69) is 85.3 Å². The van der Waals surface area contributed by atoms with Crippen molar-refractivity contribution in [3.63, 3.8) is 0 Å². The lowest BCUT2D eigenvalue weighted by atomic mass is 10.1. The highest BCUT2D eigenvalue weighted by Crippen LogP contribution is 2.28. The Morgan fingerprint density at radius 2 is 1.88 bits per heavy atom. The number of halogens is 2. The van der Waals surface area contributed by atoms with E-state index in [1.54, 1.807) is 11.3 Å². The summed E-state index contributed by atoms with van der Waals surface area (Å²) in [5, 5.41) is 5.64. The third kappa shape index (κ3) is 2.39. The Hall–Kier alpha value is -0.460. The Kier molecular flexibility index (Phi) is 3.19. The van der Waals surface area contributed by atoms with Gasteiger partial charge in [0, 0.05) is 15.4 Å². The first-order chi connectivity index (χ1) is 8.22. The highest BCUT2D eigenvalue weighted by atomic mass is 127. The molecule has 0 bridgehead atoms. The predicted molar refractivity (Wildman–Crippen MR) is 85.5 cm³/mol. The van der Waals surface area contributed by atoms with E-state index >= 15 is 0 Å². The third-order valence-corrected chi connectivity index (χ3v) is 4.89. The number of aromatic nitrogens is 1. The molecule has 84 valence electrons. The van der Waals surface area contributed by atoms with Crippen LogP contribution in [0.5, 0.6) is 0 Å². The molecule has 3 rings (SSSR count). The summed E-state index contributed by atoms with van der Waals surface area (Å²) in [5.41, 5.74) is 1.18. The molecule has 0 atom stereocenters. The van der Waals surface area contributed by atoms with Crippen molar-refractivity contribution in [2.24, 2.45) is 0 Å². The summed E-state index contributed by atoms with van der Waals surface area (Å²) >= 11 is 7.43. The number of fused-ring (bicyclic) bond motifs is 1. The summed E-state index contributed by atoms with van der Waals surface area (Å²) in [6.45, 7) is 0. The van der Waals surface area contributed by atoms with Crippen molar-refractivity contribution in [2.75, 3.05) is 0 Å². The van der Waals surface area contributed by atoms with Crippen molar-refractivity contribution < 1.29 is 0 Å². The van der Waals surface area contributed by atoms with Crippen LogP contribution in [0.3, 0.4) is 0 Å². The van der Waals surface area contributed by atoms with E-state index in [4.69, 9.17) is 0 Å². The van der Waals surface area contributed by atoms with Gasteiger partial charge in [-0.15, -0.1) is 11.3 Å². The zero-order chi connectivity index (χ0) is 11.8. The fourth-order valence-corrected chi connectivity index (χ4v) is 3.58. The van der Waals surface area contributed by atoms with Crippen LogP contribution in [0, 0.1) is 3.70 Å². The number of hydrogen-bond donors (Lipinski definition) is 0. The van der Waals surface area contributed by atoms with E-state index in [1.165, 1.54) is 16.3 Å². The molecule has 0 radical (unpaired) electrons. The van der Waals surface area contributed by atoms with Crippen LogP contribution in [0.2, 0.25) is 0 Å². The van der Waals surface area contributed by atoms with Crippen LogP contribution >= 0.6 is 49.9 Å². The highest BCUT2D eigenvalue weighted by molar-refractivity contribution is 14.1. The normalized spacial score (nSPS) is 10.9. The number of nitrogens with zero attached hydrogens (tertiary/aromatic N) is 1. The molecule has 1 nitrogen and oxygen atoms in total. The van der Waals surface area contributed by atoms with E-state index < -0.39 is 0 Å². The Balaban J connectivity index is 2.18. The van der Waals surface area contributed by atoms with Crippen molar-refractivity contribution in [3.8, 4) is 10.6 Å². The van der Waals surface area contributed by atoms with Crippen molar-refractivity contribution >= 4 is 60.6 Å². The first-order valence-corrected chi connectivity index (χ1v) is 7.78. The number of rotatable bonds is 1. The van der Waals surface area contributed by atoms with Crippen LogP contribution in [-0.2, 0) is 0 Å². The van der Waals surface area contributed by atoms with Crippen molar-refractivity contribution in [3.05, 3.63) is 50.0 Å². The van der Waals surface area contributed by atoms with Gasteiger partial charge in [-0.2, -0.15) is 0 Å². The molecule has 3 aromatic rings. The van der Waals surface area contributed by atoms with Gasteiger partial charge in [0.1, 0.15) is 8.71 Å². The molecule has 0 aliphatic rings. The van der Waals surface area contributed by atoms with Gasteiger partial charge in [0.05, 0.1) is 0 Å². The molecule has 0 spiro atoms. The molecule has 0 saturated carbocycles. The molecule has 0 saturated heterocycles. The van der Waals surface area contributed by atoms with Gasteiger partial charge in [0.15, 0.2) is 0 Å². The zero-order valence-corrected chi connectivity index (χ0v) is 13.2.